The van der Waals surface area contributed by atoms with E-state index in [2.05, 4.69) is 4.40 Å². The van der Waals surface area contributed by atoms with Gasteiger partial charge in [0, 0.05) is 5.56 Å². The number of benzene rings is 2. The highest BCUT2D eigenvalue weighted by atomic mass is 32.2. The van der Waals surface area contributed by atoms with Crippen molar-refractivity contribution in [3.05, 3.63) is 65.7 Å². The lowest BCUT2D eigenvalue weighted by Gasteiger charge is -2.09. The van der Waals surface area contributed by atoms with Crippen molar-refractivity contribution in [2.45, 2.75) is 31.6 Å². The minimum absolute atomic E-state index is 0.139. The molecule has 0 N–H and O–H groups in total. The van der Waals surface area contributed by atoms with Crippen LogP contribution in [0.5, 0.6) is 0 Å². The molecule has 0 radical (unpaired) electrons. The number of hydrogen-bond acceptors (Lipinski definition) is 3. The zero-order valence-electron chi connectivity index (χ0n) is 13.4. The summed E-state index contributed by atoms with van der Waals surface area (Å²) in [5.41, 5.74) is 1.65. The van der Waals surface area contributed by atoms with Gasteiger partial charge in [-0.3, -0.25) is 0 Å². The number of nitrogens with zero attached hydrogens (tertiary/aromatic N) is 1. The van der Waals surface area contributed by atoms with Gasteiger partial charge in [0.05, 0.1) is 11.5 Å². The lowest BCUT2D eigenvalue weighted by molar-refractivity contribution is 0.298. The van der Waals surface area contributed by atoms with E-state index < -0.39 is 10.0 Å². The highest BCUT2D eigenvalue weighted by Gasteiger charge is 2.16. The third-order valence-electron chi connectivity index (χ3n) is 3.28. The molecule has 2 rings (SSSR count). The quantitative estimate of drug-likeness (QED) is 0.457. The van der Waals surface area contributed by atoms with Crippen molar-refractivity contribution in [1.29, 1.82) is 0 Å². The normalized spacial score (nSPS) is 12.2. The molecule has 0 unspecified atom stereocenters. The first-order chi connectivity index (χ1) is 11.0. The Kier molecular flexibility index (Phi) is 5.93. The van der Waals surface area contributed by atoms with Crippen LogP contribution in [0.25, 0.3) is 0 Å². The van der Waals surface area contributed by atoms with Crippen LogP contribution in [-0.4, -0.2) is 20.9 Å². The molecule has 0 atom stereocenters. The van der Waals surface area contributed by atoms with Crippen LogP contribution in [0.4, 0.5) is 0 Å². The summed E-state index contributed by atoms with van der Waals surface area (Å²) in [6, 6.07) is 15.7. The summed E-state index contributed by atoms with van der Waals surface area (Å²) in [5.74, 6) is 0.139. The fraction of sp³-hybridized carbons (Fsp3) is 0.278. The van der Waals surface area contributed by atoms with Crippen molar-refractivity contribution in [2.24, 2.45) is 4.40 Å². The molecule has 0 aliphatic heterocycles. The van der Waals surface area contributed by atoms with E-state index in [4.69, 9.17) is 4.74 Å². The molecule has 4 nitrogen and oxygen atoms in total. The first-order valence-corrected chi connectivity index (χ1v) is 9.07. The average Bonchev–Trinajstić information content (AvgIpc) is 2.55. The Hall–Kier alpha value is -2.14. The predicted octanol–water partition coefficient (Wildman–Crippen LogP) is 3.95. The first-order valence-electron chi connectivity index (χ1n) is 7.63. The van der Waals surface area contributed by atoms with E-state index in [1.807, 2.05) is 32.0 Å². The van der Waals surface area contributed by atoms with Crippen molar-refractivity contribution in [3.63, 3.8) is 0 Å². The zero-order valence-corrected chi connectivity index (χ0v) is 14.2. The van der Waals surface area contributed by atoms with Crippen LogP contribution in [0.2, 0.25) is 0 Å². The largest absolute Gasteiger partial charge is 0.477 e. The summed E-state index contributed by atoms with van der Waals surface area (Å²) in [7, 11) is -3.80. The van der Waals surface area contributed by atoms with Gasteiger partial charge in [0.25, 0.3) is 10.0 Å². The zero-order chi connectivity index (χ0) is 16.7. The summed E-state index contributed by atoms with van der Waals surface area (Å²) in [5, 5.41) is 0. The molecule has 23 heavy (non-hydrogen) atoms. The maximum absolute atomic E-state index is 12.5. The summed E-state index contributed by atoms with van der Waals surface area (Å²) < 4.78 is 34.5. The Balaban J connectivity index is 2.36. The van der Waals surface area contributed by atoms with E-state index in [9.17, 15) is 8.42 Å². The molecule has 0 spiro atoms. The smallest absolute Gasteiger partial charge is 0.285 e. The van der Waals surface area contributed by atoms with Crippen molar-refractivity contribution in [1.82, 2.24) is 0 Å². The van der Waals surface area contributed by atoms with Crippen molar-refractivity contribution in [3.8, 4) is 0 Å². The molecular weight excluding hydrogens is 310 g/mol. The standard InChI is InChI=1S/C18H21NO3S/c1-3-4-14-22-18(16-8-6-5-7-9-16)19-23(20,21)17-12-10-15(2)11-13-17/h5-13H,3-4,14H2,1-2H3/b19-18-. The number of rotatable bonds is 6. The molecular formula is C18H21NO3S. The van der Waals surface area contributed by atoms with Crippen LogP contribution < -0.4 is 0 Å². The second kappa shape index (κ2) is 7.92. The van der Waals surface area contributed by atoms with Crippen LogP contribution in [-0.2, 0) is 14.8 Å². The third kappa shape index (κ3) is 4.93. The highest BCUT2D eigenvalue weighted by Crippen LogP contribution is 2.15. The summed E-state index contributed by atoms with van der Waals surface area (Å²) >= 11 is 0. The van der Waals surface area contributed by atoms with Crippen LogP contribution in [0, 0.1) is 6.92 Å². The van der Waals surface area contributed by atoms with Crippen LogP contribution in [0.3, 0.4) is 0 Å². The molecule has 0 amide bonds. The molecule has 0 aliphatic rings. The van der Waals surface area contributed by atoms with Gasteiger partial charge in [0.2, 0.25) is 5.90 Å². The SMILES string of the molecule is CCCCO/C(=N\S(=O)(=O)c1ccc(C)cc1)c1ccccc1. The maximum Gasteiger partial charge on any atom is 0.285 e. The lowest BCUT2D eigenvalue weighted by atomic mass is 10.2. The van der Waals surface area contributed by atoms with Gasteiger partial charge in [0.15, 0.2) is 0 Å². The molecule has 0 saturated carbocycles. The van der Waals surface area contributed by atoms with E-state index >= 15 is 0 Å². The Morgan fingerprint density at radius 2 is 1.70 bits per heavy atom. The molecule has 0 saturated heterocycles. The first kappa shape index (κ1) is 17.2. The van der Waals surface area contributed by atoms with Gasteiger partial charge < -0.3 is 4.74 Å². The number of aryl methyl sites for hydroxylation is 1. The second-order valence-corrected chi connectivity index (χ2v) is 6.86. The minimum atomic E-state index is -3.80. The number of ether oxygens (including phenoxy) is 1. The van der Waals surface area contributed by atoms with Gasteiger partial charge in [-0.1, -0.05) is 49.2 Å². The molecule has 0 aliphatic carbocycles. The topological polar surface area (TPSA) is 55.7 Å². The van der Waals surface area contributed by atoms with Gasteiger partial charge in [-0.15, -0.1) is 4.40 Å². The van der Waals surface area contributed by atoms with Gasteiger partial charge in [-0.2, -0.15) is 8.42 Å². The number of sulfonamides is 1. The Labute approximate surface area is 137 Å². The Bertz CT molecular complexity index is 751. The van der Waals surface area contributed by atoms with E-state index in [0.29, 0.717) is 12.2 Å². The van der Waals surface area contributed by atoms with Crippen molar-refractivity contribution < 1.29 is 13.2 Å². The molecule has 5 heteroatoms. The van der Waals surface area contributed by atoms with Gasteiger partial charge >= 0.3 is 0 Å². The number of hydrogen-bond donors (Lipinski definition) is 0. The average molecular weight is 331 g/mol. The molecule has 0 bridgehead atoms. The molecule has 2 aromatic carbocycles. The second-order valence-electron chi connectivity index (χ2n) is 5.25. The number of unbranched alkanes of at least 4 members (excludes halogenated alkanes) is 1. The fourth-order valence-electron chi connectivity index (χ4n) is 1.93. The molecule has 0 heterocycles. The van der Waals surface area contributed by atoms with E-state index in [1.165, 1.54) is 0 Å². The summed E-state index contributed by atoms with van der Waals surface area (Å²) in [6.07, 6.45) is 1.81. The van der Waals surface area contributed by atoms with Crippen LogP contribution >= 0.6 is 0 Å². The van der Waals surface area contributed by atoms with Crippen LogP contribution in [0.15, 0.2) is 63.9 Å². The van der Waals surface area contributed by atoms with E-state index in [0.717, 1.165) is 18.4 Å². The van der Waals surface area contributed by atoms with E-state index in [1.54, 1.807) is 36.4 Å². The monoisotopic (exact) mass is 331 g/mol. The van der Waals surface area contributed by atoms with Gasteiger partial charge in [-0.25, -0.2) is 0 Å². The molecule has 0 fully saturated rings. The van der Waals surface area contributed by atoms with Gasteiger partial charge in [-0.05, 0) is 37.6 Å². The summed E-state index contributed by atoms with van der Waals surface area (Å²) in [6.45, 7) is 4.39. The van der Waals surface area contributed by atoms with Crippen LogP contribution in [0.1, 0.15) is 30.9 Å². The minimum Gasteiger partial charge on any atom is -0.477 e. The maximum atomic E-state index is 12.5. The fourth-order valence-corrected chi connectivity index (χ4v) is 2.89. The Morgan fingerprint density at radius 1 is 1.04 bits per heavy atom. The molecule has 2 aromatic rings. The molecule has 0 aromatic heterocycles. The predicted molar refractivity (Wildman–Crippen MR) is 92.2 cm³/mol. The Morgan fingerprint density at radius 3 is 2.30 bits per heavy atom. The molecule has 122 valence electrons. The third-order valence-corrected chi connectivity index (χ3v) is 4.55. The highest BCUT2D eigenvalue weighted by molar-refractivity contribution is 7.90. The van der Waals surface area contributed by atoms with Gasteiger partial charge in [0.1, 0.15) is 0 Å². The van der Waals surface area contributed by atoms with Crippen molar-refractivity contribution in [2.75, 3.05) is 6.61 Å². The summed E-state index contributed by atoms with van der Waals surface area (Å²) in [4.78, 5) is 0.163. The lowest BCUT2D eigenvalue weighted by Crippen LogP contribution is -2.11. The van der Waals surface area contributed by atoms with E-state index in [-0.39, 0.29) is 10.8 Å². The van der Waals surface area contributed by atoms with Crippen molar-refractivity contribution >= 4 is 15.9 Å².